The van der Waals surface area contributed by atoms with E-state index in [1.54, 1.807) is 36.4 Å². The summed E-state index contributed by atoms with van der Waals surface area (Å²) in [5, 5.41) is 14.3. The minimum absolute atomic E-state index is 0.00581. The van der Waals surface area contributed by atoms with Gasteiger partial charge < -0.3 is 24.8 Å². The molecule has 2 N–H and O–H groups in total. The molecule has 11 heteroatoms. The van der Waals surface area contributed by atoms with Crippen molar-refractivity contribution in [3.63, 3.8) is 0 Å². The molecule has 3 aromatic rings. The lowest BCUT2D eigenvalue weighted by Crippen LogP contribution is -2.29. The van der Waals surface area contributed by atoms with E-state index in [0.29, 0.717) is 16.9 Å². The average molecular weight is 584 g/mol. The molecule has 1 unspecified atom stereocenters. The number of ether oxygens (including phenoxy) is 2. The van der Waals surface area contributed by atoms with E-state index in [1.165, 1.54) is 32.1 Å². The second-order valence-electron chi connectivity index (χ2n) is 9.17. The minimum atomic E-state index is -1.01. The van der Waals surface area contributed by atoms with E-state index >= 15 is 0 Å². The van der Waals surface area contributed by atoms with Gasteiger partial charge in [-0.1, -0.05) is 35.3 Å². The first-order valence-corrected chi connectivity index (χ1v) is 12.8. The molecule has 208 valence electrons. The number of nitrogens with zero attached hydrogens (tertiary/aromatic N) is 2. The van der Waals surface area contributed by atoms with Gasteiger partial charge in [-0.3, -0.25) is 19.3 Å². The third kappa shape index (κ3) is 5.17. The number of hydrogen-bond donors (Lipinski definition) is 2. The van der Waals surface area contributed by atoms with Gasteiger partial charge in [0.1, 0.15) is 10.8 Å². The number of aliphatic hydroxyl groups excluding tert-OH is 1. The Bertz CT molecular complexity index is 1520. The second-order valence-corrected chi connectivity index (χ2v) is 9.95. The van der Waals surface area contributed by atoms with E-state index in [2.05, 4.69) is 5.32 Å². The fourth-order valence-corrected chi connectivity index (χ4v) is 5.26. The molecule has 0 spiro atoms. The van der Waals surface area contributed by atoms with E-state index < -0.39 is 23.5 Å². The molecule has 0 radical (unpaired) electrons. The summed E-state index contributed by atoms with van der Waals surface area (Å²) in [6.45, 7) is 1.38. The number of methoxy groups -OCH3 is 2. The maximum Gasteiger partial charge on any atom is 0.300 e. The van der Waals surface area contributed by atoms with E-state index in [1.807, 2.05) is 31.1 Å². The third-order valence-corrected chi connectivity index (χ3v) is 7.05. The molecule has 0 saturated carbocycles. The Morgan fingerprint density at radius 1 is 0.975 bits per heavy atom. The Balaban J connectivity index is 1.96. The summed E-state index contributed by atoms with van der Waals surface area (Å²) in [6, 6.07) is 14.1. The highest BCUT2D eigenvalue weighted by Crippen LogP contribution is 2.48. The topological polar surface area (TPSA) is 108 Å². The van der Waals surface area contributed by atoms with Crippen molar-refractivity contribution in [1.82, 2.24) is 0 Å². The standard InChI is InChI=1S/C29H27Cl2N3O6/c1-15(35)32-17-8-12-19(13-9-17)34-24(16-6-10-18(11-7-16)33(2)3)22(26(37)29(34)38)25(36)20-14-21(30)28(40-5)23(31)27(20)39-4/h6-14,24,36H,1-5H3,(H,32,35)/b25-22+. The lowest BCUT2D eigenvalue weighted by molar-refractivity contribution is -0.132. The van der Waals surface area contributed by atoms with E-state index in [9.17, 15) is 19.5 Å². The number of rotatable bonds is 7. The number of benzene rings is 3. The number of carbonyl (C=O) groups is 3. The van der Waals surface area contributed by atoms with Gasteiger partial charge in [-0.25, -0.2) is 0 Å². The van der Waals surface area contributed by atoms with Crippen molar-refractivity contribution >= 4 is 63.6 Å². The highest BCUT2D eigenvalue weighted by Gasteiger charge is 2.47. The zero-order valence-corrected chi connectivity index (χ0v) is 23.9. The summed E-state index contributed by atoms with van der Waals surface area (Å²) in [7, 11) is 6.51. The largest absolute Gasteiger partial charge is 0.507 e. The molecular formula is C29H27Cl2N3O6. The highest BCUT2D eigenvalue weighted by atomic mass is 35.5. The van der Waals surface area contributed by atoms with Crippen LogP contribution in [0.2, 0.25) is 10.0 Å². The van der Waals surface area contributed by atoms with Gasteiger partial charge in [-0.15, -0.1) is 0 Å². The van der Waals surface area contributed by atoms with Crippen molar-refractivity contribution in [2.45, 2.75) is 13.0 Å². The number of aliphatic hydroxyl groups is 1. The van der Waals surface area contributed by atoms with Crippen molar-refractivity contribution in [2.75, 3.05) is 43.4 Å². The van der Waals surface area contributed by atoms with Crippen LogP contribution >= 0.6 is 23.2 Å². The van der Waals surface area contributed by atoms with Gasteiger partial charge >= 0.3 is 0 Å². The molecule has 1 saturated heterocycles. The van der Waals surface area contributed by atoms with Crippen molar-refractivity contribution in [2.24, 2.45) is 0 Å². The fourth-order valence-electron chi connectivity index (χ4n) is 4.57. The number of carbonyl (C=O) groups excluding carboxylic acids is 3. The number of nitrogens with one attached hydrogen (secondary N) is 1. The predicted octanol–water partition coefficient (Wildman–Crippen LogP) is 5.66. The maximum atomic E-state index is 13.6. The molecule has 2 amide bonds. The van der Waals surface area contributed by atoms with Gasteiger partial charge in [-0.05, 0) is 48.0 Å². The quantitative estimate of drug-likeness (QED) is 0.210. The summed E-state index contributed by atoms with van der Waals surface area (Å²) in [6.07, 6.45) is 0. The minimum Gasteiger partial charge on any atom is -0.507 e. The lowest BCUT2D eigenvalue weighted by atomic mass is 9.94. The van der Waals surface area contributed by atoms with Gasteiger partial charge in [0.25, 0.3) is 11.7 Å². The van der Waals surface area contributed by atoms with Gasteiger partial charge in [0.2, 0.25) is 5.91 Å². The van der Waals surface area contributed by atoms with E-state index in [-0.39, 0.29) is 38.6 Å². The first kappa shape index (κ1) is 28.8. The number of amides is 2. The molecule has 0 aromatic heterocycles. The van der Waals surface area contributed by atoms with Crippen LogP contribution < -0.4 is 24.6 Å². The van der Waals surface area contributed by atoms with E-state index in [4.69, 9.17) is 32.7 Å². The molecular weight excluding hydrogens is 557 g/mol. The Morgan fingerprint density at radius 3 is 2.10 bits per heavy atom. The monoisotopic (exact) mass is 583 g/mol. The molecule has 0 aliphatic carbocycles. The summed E-state index contributed by atoms with van der Waals surface area (Å²) in [4.78, 5) is 41.7. The normalized spacial score (nSPS) is 16.2. The fraction of sp³-hybridized carbons (Fsp3) is 0.207. The molecule has 1 aliphatic rings. The Labute approximate surface area is 241 Å². The van der Waals surface area contributed by atoms with Gasteiger partial charge in [0.15, 0.2) is 11.5 Å². The van der Waals surface area contributed by atoms with Crippen LogP contribution in [-0.2, 0) is 14.4 Å². The van der Waals surface area contributed by atoms with Crippen LogP contribution in [0.25, 0.3) is 5.76 Å². The molecule has 40 heavy (non-hydrogen) atoms. The third-order valence-electron chi connectivity index (χ3n) is 6.43. The molecule has 1 atom stereocenters. The van der Waals surface area contributed by atoms with Gasteiger partial charge in [-0.2, -0.15) is 0 Å². The molecule has 9 nitrogen and oxygen atoms in total. The van der Waals surface area contributed by atoms with Crippen LogP contribution in [0.15, 0.2) is 60.2 Å². The van der Waals surface area contributed by atoms with Crippen LogP contribution in [0.1, 0.15) is 24.1 Å². The molecule has 1 heterocycles. The summed E-state index contributed by atoms with van der Waals surface area (Å²) in [5.41, 5.74) is 2.22. The Kier molecular flexibility index (Phi) is 8.27. The van der Waals surface area contributed by atoms with Crippen LogP contribution in [0.3, 0.4) is 0 Å². The number of hydrogen-bond acceptors (Lipinski definition) is 7. The number of Topliss-reactive ketones (excluding diaryl/α,β-unsaturated/α-hetero) is 1. The van der Waals surface area contributed by atoms with Gasteiger partial charge in [0.05, 0.1) is 36.4 Å². The smallest absolute Gasteiger partial charge is 0.300 e. The SMILES string of the molecule is COc1c(Cl)cc(/C(O)=C2\C(=O)C(=O)N(c3ccc(NC(C)=O)cc3)C2c2ccc(N(C)C)cc2)c(OC)c1Cl. The van der Waals surface area contributed by atoms with Crippen LogP contribution in [0.5, 0.6) is 11.5 Å². The number of anilines is 3. The van der Waals surface area contributed by atoms with Crippen LogP contribution in [0, 0.1) is 0 Å². The highest BCUT2D eigenvalue weighted by molar-refractivity contribution is 6.52. The van der Waals surface area contributed by atoms with Crippen molar-refractivity contribution in [1.29, 1.82) is 0 Å². The number of ketones is 1. The first-order chi connectivity index (χ1) is 19.0. The zero-order chi connectivity index (χ0) is 29.3. The van der Waals surface area contributed by atoms with Crippen molar-refractivity contribution in [3.8, 4) is 11.5 Å². The molecule has 0 bridgehead atoms. The molecule has 1 fully saturated rings. The summed E-state index contributed by atoms with van der Waals surface area (Å²) >= 11 is 12.8. The Morgan fingerprint density at radius 2 is 1.57 bits per heavy atom. The van der Waals surface area contributed by atoms with Crippen molar-refractivity contribution in [3.05, 3.63) is 81.3 Å². The molecule has 1 aliphatic heterocycles. The summed E-state index contributed by atoms with van der Waals surface area (Å²) < 4.78 is 10.7. The Hall–Kier alpha value is -4.21. The van der Waals surface area contributed by atoms with Crippen molar-refractivity contribution < 1.29 is 29.0 Å². The average Bonchev–Trinajstić information content (AvgIpc) is 3.18. The first-order valence-electron chi connectivity index (χ1n) is 12.1. The van der Waals surface area contributed by atoms with E-state index in [0.717, 1.165) is 5.69 Å². The van der Waals surface area contributed by atoms with Gasteiger partial charge in [0, 0.05) is 38.1 Å². The predicted molar refractivity (Wildman–Crippen MR) is 156 cm³/mol. The molecule has 3 aromatic carbocycles. The zero-order valence-electron chi connectivity index (χ0n) is 22.4. The van der Waals surface area contributed by atoms with Crippen LogP contribution in [-0.4, -0.2) is 51.0 Å². The second kappa shape index (κ2) is 11.5. The molecule has 4 rings (SSSR count). The summed E-state index contributed by atoms with van der Waals surface area (Å²) in [5.74, 6) is -2.36. The number of halogens is 2. The maximum absolute atomic E-state index is 13.6. The van der Waals surface area contributed by atoms with Crippen LogP contribution in [0.4, 0.5) is 17.1 Å². The lowest BCUT2D eigenvalue weighted by Gasteiger charge is -2.26.